The van der Waals surface area contributed by atoms with Crippen LogP contribution in [0, 0.1) is 5.82 Å². The Hall–Kier alpha value is -3.45. The van der Waals surface area contributed by atoms with Gasteiger partial charge in [-0.3, -0.25) is 4.79 Å². The van der Waals surface area contributed by atoms with Crippen molar-refractivity contribution in [2.24, 2.45) is 0 Å². The maximum atomic E-state index is 14.2. The predicted molar refractivity (Wildman–Crippen MR) is 134 cm³/mol. The van der Waals surface area contributed by atoms with Crippen LogP contribution in [-0.4, -0.2) is 36.0 Å². The maximum absolute atomic E-state index is 14.2. The molecule has 2 heterocycles. The molecule has 0 amide bonds. The molecule has 0 aliphatic carbocycles. The molecule has 1 N–H and O–H groups in total. The van der Waals surface area contributed by atoms with E-state index in [-0.39, 0.29) is 17.8 Å². The molecule has 1 fully saturated rings. The molecule has 4 rings (SSSR count). The predicted octanol–water partition coefficient (Wildman–Crippen LogP) is 5.98. The van der Waals surface area contributed by atoms with Crippen LogP contribution in [0.2, 0.25) is 5.02 Å². The van der Waals surface area contributed by atoms with Gasteiger partial charge in [0.2, 0.25) is 5.95 Å². The summed E-state index contributed by atoms with van der Waals surface area (Å²) < 4.78 is 19.8. The lowest BCUT2D eigenvalue weighted by molar-refractivity contribution is -0.114. The molecule has 2 aromatic carbocycles. The second kappa shape index (κ2) is 10.7. The van der Waals surface area contributed by atoms with Gasteiger partial charge >= 0.3 is 0 Å². The molecular formula is C26H26ClFN4O2. The number of benzene rings is 2. The number of nitrogens with zero attached hydrogens (tertiary/aromatic N) is 3. The molecule has 176 valence electrons. The minimum absolute atomic E-state index is 0.0812. The lowest BCUT2D eigenvalue weighted by Gasteiger charge is -2.30. The van der Waals surface area contributed by atoms with Gasteiger partial charge in [0.1, 0.15) is 11.6 Å². The second-order valence-corrected chi connectivity index (χ2v) is 8.51. The number of carbonyl (C=O) groups is 1. The van der Waals surface area contributed by atoms with E-state index in [0.29, 0.717) is 22.2 Å². The monoisotopic (exact) mass is 480 g/mol. The fourth-order valence-corrected chi connectivity index (χ4v) is 4.23. The van der Waals surface area contributed by atoms with E-state index in [1.807, 2.05) is 18.2 Å². The van der Waals surface area contributed by atoms with Gasteiger partial charge in [0, 0.05) is 30.8 Å². The third-order valence-electron chi connectivity index (χ3n) is 5.79. The number of ketones is 1. The Labute approximate surface area is 203 Å². The largest absolute Gasteiger partial charge is 0.495 e. The van der Waals surface area contributed by atoms with Crippen LogP contribution >= 0.6 is 11.6 Å². The van der Waals surface area contributed by atoms with E-state index in [9.17, 15) is 9.18 Å². The highest BCUT2D eigenvalue weighted by Crippen LogP contribution is 2.34. The lowest BCUT2D eigenvalue weighted by Crippen LogP contribution is -2.29. The number of rotatable bonds is 8. The lowest BCUT2D eigenvalue weighted by atomic mass is 10.0. The first-order valence-corrected chi connectivity index (χ1v) is 11.5. The van der Waals surface area contributed by atoms with Crippen LogP contribution in [0.15, 0.2) is 55.3 Å². The molecule has 0 radical (unpaired) electrons. The third-order valence-corrected chi connectivity index (χ3v) is 6.06. The number of methoxy groups -OCH3 is 1. The van der Waals surface area contributed by atoms with Crippen molar-refractivity contribution in [1.82, 2.24) is 9.97 Å². The van der Waals surface area contributed by atoms with Crippen molar-refractivity contribution < 1.29 is 13.9 Å². The van der Waals surface area contributed by atoms with Crippen LogP contribution in [0.5, 0.6) is 5.75 Å². The van der Waals surface area contributed by atoms with Crippen molar-refractivity contribution in [3.05, 3.63) is 71.7 Å². The SMILES string of the molecule is C=CC(=O)Cc1cc(-c2nc(Nc3ccc(OC)c(N4CCCCC4)c3)ncc2Cl)ccc1F. The van der Waals surface area contributed by atoms with Crippen molar-refractivity contribution in [3.8, 4) is 17.0 Å². The summed E-state index contributed by atoms with van der Waals surface area (Å²) >= 11 is 6.37. The third kappa shape index (κ3) is 5.37. The number of allylic oxidation sites excluding steroid dienone is 1. The number of carbonyl (C=O) groups excluding carboxylic acids is 1. The van der Waals surface area contributed by atoms with Crippen LogP contribution < -0.4 is 15.0 Å². The molecule has 1 saturated heterocycles. The number of hydrogen-bond donors (Lipinski definition) is 1. The van der Waals surface area contributed by atoms with E-state index in [2.05, 4.69) is 26.8 Å². The van der Waals surface area contributed by atoms with E-state index in [1.165, 1.54) is 24.8 Å². The molecule has 1 aromatic heterocycles. The van der Waals surface area contributed by atoms with Gasteiger partial charge in [0.15, 0.2) is 5.78 Å². The molecular weight excluding hydrogens is 455 g/mol. The second-order valence-electron chi connectivity index (χ2n) is 8.10. The first-order valence-electron chi connectivity index (χ1n) is 11.1. The summed E-state index contributed by atoms with van der Waals surface area (Å²) in [6.45, 7) is 5.42. The first kappa shape index (κ1) is 23.7. The van der Waals surface area contributed by atoms with Gasteiger partial charge < -0.3 is 15.0 Å². The van der Waals surface area contributed by atoms with Crippen LogP contribution in [-0.2, 0) is 11.2 Å². The summed E-state index contributed by atoms with van der Waals surface area (Å²) in [6.07, 6.45) is 6.15. The molecule has 0 spiro atoms. The van der Waals surface area contributed by atoms with Crippen molar-refractivity contribution in [2.45, 2.75) is 25.7 Å². The molecule has 6 nitrogen and oxygen atoms in total. The molecule has 1 aliphatic rings. The summed E-state index contributed by atoms with van der Waals surface area (Å²) in [6, 6.07) is 10.3. The zero-order valence-corrected chi connectivity index (χ0v) is 19.7. The molecule has 3 aromatic rings. The van der Waals surface area contributed by atoms with Crippen molar-refractivity contribution in [1.29, 1.82) is 0 Å². The Bertz CT molecular complexity index is 1210. The number of nitrogens with one attached hydrogen (secondary N) is 1. The van der Waals surface area contributed by atoms with E-state index in [1.54, 1.807) is 19.2 Å². The minimum Gasteiger partial charge on any atom is -0.495 e. The Balaban J connectivity index is 1.63. The normalized spacial score (nSPS) is 13.4. The zero-order chi connectivity index (χ0) is 24.1. The first-order chi connectivity index (χ1) is 16.5. The van der Waals surface area contributed by atoms with Crippen LogP contribution in [0.1, 0.15) is 24.8 Å². The number of anilines is 3. The highest BCUT2D eigenvalue weighted by atomic mass is 35.5. The Morgan fingerprint density at radius 3 is 2.76 bits per heavy atom. The van der Waals surface area contributed by atoms with Gasteiger partial charge in [-0.25, -0.2) is 14.4 Å². The molecule has 8 heteroatoms. The number of ether oxygens (including phenoxy) is 1. The van der Waals surface area contributed by atoms with Gasteiger partial charge in [-0.15, -0.1) is 0 Å². The summed E-state index contributed by atoms with van der Waals surface area (Å²) in [4.78, 5) is 22.9. The topological polar surface area (TPSA) is 67.3 Å². The van der Waals surface area contributed by atoms with Crippen molar-refractivity contribution in [3.63, 3.8) is 0 Å². The van der Waals surface area contributed by atoms with Gasteiger partial charge in [0.25, 0.3) is 0 Å². The maximum Gasteiger partial charge on any atom is 0.227 e. The fraction of sp³-hybridized carbons (Fsp3) is 0.269. The summed E-state index contributed by atoms with van der Waals surface area (Å²) in [7, 11) is 1.67. The highest BCUT2D eigenvalue weighted by Gasteiger charge is 2.17. The Morgan fingerprint density at radius 2 is 2.03 bits per heavy atom. The molecule has 0 unspecified atom stereocenters. The summed E-state index contributed by atoms with van der Waals surface area (Å²) in [5, 5.41) is 3.56. The van der Waals surface area contributed by atoms with E-state index < -0.39 is 5.82 Å². The van der Waals surface area contributed by atoms with Crippen LogP contribution in [0.4, 0.5) is 21.7 Å². The number of halogens is 2. The van der Waals surface area contributed by atoms with Crippen LogP contribution in [0.25, 0.3) is 11.3 Å². The molecule has 0 atom stereocenters. The standard InChI is InChI=1S/C26H26ClFN4O2/c1-3-20(33)14-18-13-17(7-9-22(18)28)25-21(27)16-29-26(31-25)30-19-8-10-24(34-2)23(15-19)32-11-5-4-6-12-32/h3,7-10,13,15-16H,1,4-6,11-12,14H2,2H3,(H,29,30,31). The average molecular weight is 481 g/mol. The van der Waals surface area contributed by atoms with Gasteiger partial charge in [-0.1, -0.05) is 18.2 Å². The smallest absolute Gasteiger partial charge is 0.227 e. The zero-order valence-electron chi connectivity index (χ0n) is 19.0. The Morgan fingerprint density at radius 1 is 1.24 bits per heavy atom. The number of hydrogen-bond acceptors (Lipinski definition) is 6. The van der Waals surface area contributed by atoms with Crippen LogP contribution in [0.3, 0.4) is 0 Å². The highest BCUT2D eigenvalue weighted by molar-refractivity contribution is 6.32. The molecule has 1 aliphatic heterocycles. The summed E-state index contributed by atoms with van der Waals surface area (Å²) in [5.74, 6) is 0.433. The van der Waals surface area contributed by atoms with E-state index in [0.717, 1.165) is 43.1 Å². The number of piperidine rings is 1. The van der Waals surface area contributed by atoms with E-state index in [4.69, 9.17) is 16.3 Å². The fourth-order valence-electron chi connectivity index (χ4n) is 4.03. The van der Waals surface area contributed by atoms with Crippen molar-refractivity contribution >= 4 is 34.7 Å². The van der Waals surface area contributed by atoms with Gasteiger partial charge in [0.05, 0.1) is 29.7 Å². The molecule has 34 heavy (non-hydrogen) atoms. The molecule has 0 bridgehead atoms. The van der Waals surface area contributed by atoms with Gasteiger partial charge in [-0.2, -0.15) is 0 Å². The Kier molecular flexibility index (Phi) is 7.43. The number of aromatic nitrogens is 2. The summed E-state index contributed by atoms with van der Waals surface area (Å²) in [5.41, 5.74) is 3.12. The quantitative estimate of drug-likeness (QED) is 0.400. The molecule has 0 saturated carbocycles. The van der Waals surface area contributed by atoms with Crippen molar-refractivity contribution in [2.75, 3.05) is 30.4 Å². The van der Waals surface area contributed by atoms with Gasteiger partial charge in [-0.05, 0) is 67.3 Å². The average Bonchev–Trinajstić information content (AvgIpc) is 2.87. The van der Waals surface area contributed by atoms with E-state index >= 15 is 0 Å². The minimum atomic E-state index is -0.467.